The summed E-state index contributed by atoms with van der Waals surface area (Å²) in [4.78, 5) is 17.2. The highest BCUT2D eigenvalue weighted by Gasteiger charge is 2.37. The van der Waals surface area contributed by atoms with Crippen LogP contribution in [0.1, 0.15) is 44.9 Å². The van der Waals surface area contributed by atoms with Crippen molar-refractivity contribution in [2.75, 3.05) is 26.2 Å². The van der Waals surface area contributed by atoms with Crippen LogP contribution in [0, 0.1) is 5.92 Å². The number of hydrogen-bond acceptors (Lipinski definition) is 3. The van der Waals surface area contributed by atoms with Crippen LogP contribution in [0.3, 0.4) is 0 Å². The van der Waals surface area contributed by atoms with Crippen LogP contribution < -0.4 is 5.73 Å². The maximum Gasteiger partial charge on any atom is 0.227 e. The lowest BCUT2D eigenvalue weighted by molar-refractivity contribution is -0.134. The maximum atomic E-state index is 12.5. The summed E-state index contributed by atoms with van der Waals surface area (Å²) in [6.45, 7) is 4.36. The van der Waals surface area contributed by atoms with Gasteiger partial charge in [-0.1, -0.05) is 12.8 Å². The monoisotopic (exact) mass is 337 g/mol. The van der Waals surface area contributed by atoms with E-state index in [-0.39, 0.29) is 36.8 Å². The minimum atomic E-state index is 0. The van der Waals surface area contributed by atoms with Crippen LogP contribution in [0.25, 0.3) is 0 Å². The number of carbonyl (C=O) groups excluding carboxylic acids is 1. The average molecular weight is 338 g/mol. The lowest BCUT2D eigenvalue weighted by atomic mass is 10.0. The van der Waals surface area contributed by atoms with Crippen molar-refractivity contribution >= 4 is 30.7 Å². The van der Waals surface area contributed by atoms with E-state index in [1.165, 1.54) is 32.4 Å². The van der Waals surface area contributed by atoms with Gasteiger partial charge >= 0.3 is 0 Å². The number of rotatable bonds is 2. The lowest BCUT2D eigenvalue weighted by Crippen LogP contribution is -2.44. The van der Waals surface area contributed by atoms with E-state index < -0.39 is 0 Å². The number of hydrogen-bond donors (Lipinski definition) is 1. The van der Waals surface area contributed by atoms with Crippen molar-refractivity contribution in [2.45, 2.75) is 57.0 Å². The third-order valence-corrected chi connectivity index (χ3v) is 5.27. The van der Waals surface area contributed by atoms with E-state index in [0.717, 1.165) is 38.8 Å². The summed E-state index contributed by atoms with van der Waals surface area (Å²) in [7, 11) is 0. The van der Waals surface area contributed by atoms with Crippen LogP contribution in [0.4, 0.5) is 0 Å². The molecule has 21 heavy (non-hydrogen) atoms. The Morgan fingerprint density at radius 3 is 2.24 bits per heavy atom. The van der Waals surface area contributed by atoms with Crippen LogP contribution >= 0.6 is 24.8 Å². The number of likely N-dealkylation sites (tertiary alicyclic amines) is 2. The van der Waals surface area contributed by atoms with Gasteiger partial charge in [0.25, 0.3) is 0 Å². The Morgan fingerprint density at radius 1 is 0.905 bits per heavy atom. The number of amides is 1. The van der Waals surface area contributed by atoms with E-state index in [1.807, 2.05) is 0 Å². The summed E-state index contributed by atoms with van der Waals surface area (Å²) in [5.74, 6) is 0.449. The number of piperidine rings is 1. The normalized spacial score (nSPS) is 33.4. The molecular formula is C15H29Cl2N3O. The zero-order valence-corrected chi connectivity index (χ0v) is 14.3. The second-order valence-corrected chi connectivity index (χ2v) is 6.52. The van der Waals surface area contributed by atoms with Gasteiger partial charge in [0.15, 0.2) is 0 Å². The summed E-state index contributed by atoms with van der Waals surface area (Å²) < 4.78 is 0. The Morgan fingerprint density at radius 2 is 1.62 bits per heavy atom. The molecule has 124 valence electrons. The van der Waals surface area contributed by atoms with Gasteiger partial charge in [0.2, 0.25) is 5.91 Å². The van der Waals surface area contributed by atoms with E-state index in [0.29, 0.717) is 11.9 Å². The van der Waals surface area contributed by atoms with Crippen molar-refractivity contribution < 1.29 is 4.79 Å². The zero-order chi connectivity index (χ0) is 13.2. The number of halogens is 2. The SMILES string of the molecule is Cl.Cl.NC1CCCC1C(=O)N1CCC(N2CCCCC2)C1. The highest BCUT2D eigenvalue weighted by Crippen LogP contribution is 2.28. The number of nitrogens with two attached hydrogens (primary N) is 1. The van der Waals surface area contributed by atoms with E-state index in [9.17, 15) is 4.79 Å². The highest BCUT2D eigenvalue weighted by molar-refractivity contribution is 5.85. The summed E-state index contributed by atoms with van der Waals surface area (Å²) in [5, 5.41) is 0. The summed E-state index contributed by atoms with van der Waals surface area (Å²) in [6, 6.07) is 0.725. The van der Waals surface area contributed by atoms with Crippen molar-refractivity contribution in [1.29, 1.82) is 0 Å². The van der Waals surface area contributed by atoms with Crippen molar-refractivity contribution in [1.82, 2.24) is 9.80 Å². The molecule has 0 aromatic carbocycles. The third kappa shape index (κ3) is 4.25. The van der Waals surface area contributed by atoms with E-state index >= 15 is 0 Å². The van der Waals surface area contributed by atoms with Crippen molar-refractivity contribution in [2.24, 2.45) is 11.7 Å². The Labute approximate surface area is 140 Å². The Kier molecular flexibility index (Phi) is 7.75. The molecule has 1 saturated carbocycles. The molecule has 1 aliphatic carbocycles. The van der Waals surface area contributed by atoms with E-state index in [4.69, 9.17) is 5.73 Å². The first-order valence-corrected chi connectivity index (χ1v) is 8.04. The molecule has 0 aromatic rings. The molecule has 2 saturated heterocycles. The molecule has 0 bridgehead atoms. The fourth-order valence-electron chi connectivity index (χ4n) is 4.05. The van der Waals surface area contributed by atoms with Gasteiger partial charge in [-0.2, -0.15) is 0 Å². The van der Waals surface area contributed by atoms with Crippen LogP contribution in [-0.2, 0) is 4.79 Å². The third-order valence-electron chi connectivity index (χ3n) is 5.27. The summed E-state index contributed by atoms with van der Waals surface area (Å²) in [6.07, 6.45) is 8.36. The highest BCUT2D eigenvalue weighted by atomic mass is 35.5. The second kappa shape index (κ2) is 8.56. The maximum absolute atomic E-state index is 12.5. The molecule has 1 amide bonds. The van der Waals surface area contributed by atoms with Gasteiger partial charge < -0.3 is 10.6 Å². The molecular weight excluding hydrogens is 309 g/mol. The molecule has 3 aliphatic rings. The van der Waals surface area contributed by atoms with Gasteiger partial charge in [0, 0.05) is 25.2 Å². The van der Waals surface area contributed by atoms with Gasteiger partial charge in [0.1, 0.15) is 0 Å². The van der Waals surface area contributed by atoms with Gasteiger partial charge in [-0.3, -0.25) is 9.69 Å². The first-order chi connectivity index (χ1) is 9.25. The van der Waals surface area contributed by atoms with Crippen LogP contribution in [0.15, 0.2) is 0 Å². The molecule has 0 radical (unpaired) electrons. The Bertz CT molecular complexity index is 337. The molecule has 6 heteroatoms. The fraction of sp³-hybridized carbons (Fsp3) is 0.933. The second-order valence-electron chi connectivity index (χ2n) is 6.52. The lowest BCUT2D eigenvalue weighted by Gasteiger charge is -2.32. The van der Waals surface area contributed by atoms with Crippen molar-refractivity contribution in [3.8, 4) is 0 Å². The molecule has 3 fully saturated rings. The predicted molar refractivity (Wildman–Crippen MR) is 90.2 cm³/mol. The summed E-state index contributed by atoms with van der Waals surface area (Å²) in [5.41, 5.74) is 6.07. The van der Waals surface area contributed by atoms with Gasteiger partial charge in [-0.05, 0) is 45.2 Å². The molecule has 0 spiro atoms. The Hall–Kier alpha value is -0.0300. The minimum Gasteiger partial charge on any atom is -0.341 e. The smallest absolute Gasteiger partial charge is 0.227 e. The number of carbonyl (C=O) groups is 1. The minimum absolute atomic E-state index is 0. The Balaban J connectivity index is 0.00000110. The van der Waals surface area contributed by atoms with Gasteiger partial charge in [-0.15, -0.1) is 24.8 Å². The standard InChI is InChI=1S/C15H27N3O.2ClH/c16-14-6-4-5-13(14)15(19)18-10-7-12(11-18)17-8-2-1-3-9-17;;/h12-14H,1-11,16H2;2*1H. The molecule has 3 atom stereocenters. The van der Waals surface area contributed by atoms with Gasteiger partial charge in [0.05, 0.1) is 5.92 Å². The zero-order valence-electron chi connectivity index (χ0n) is 12.7. The molecule has 4 nitrogen and oxygen atoms in total. The first-order valence-electron chi connectivity index (χ1n) is 8.04. The molecule has 3 unspecified atom stereocenters. The molecule has 0 aromatic heterocycles. The molecule has 2 heterocycles. The molecule has 3 rings (SSSR count). The summed E-state index contributed by atoms with van der Waals surface area (Å²) >= 11 is 0. The largest absolute Gasteiger partial charge is 0.341 e. The van der Waals surface area contributed by atoms with Crippen molar-refractivity contribution in [3.05, 3.63) is 0 Å². The van der Waals surface area contributed by atoms with E-state index in [2.05, 4.69) is 9.80 Å². The fourth-order valence-corrected chi connectivity index (χ4v) is 4.05. The van der Waals surface area contributed by atoms with Gasteiger partial charge in [-0.25, -0.2) is 0 Å². The van der Waals surface area contributed by atoms with E-state index in [1.54, 1.807) is 0 Å². The van der Waals surface area contributed by atoms with Crippen LogP contribution in [0.2, 0.25) is 0 Å². The first kappa shape index (κ1) is 19.0. The average Bonchev–Trinajstić information content (AvgIpc) is 3.08. The van der Waals surface area contributed by atoms with Crippen LogP contribution in [-0.4, -0.2) is 54.0 Å². The van der Waals surface area contributed by atoms with Crippen LogP contribution in [0.5, 0.6) is 0 Å². The van der Waals surface area contributed by atoms with Crippen molar-refractivity contribution in [3.63, 3.8) is 0 Å². The predicted octanol–water partition coefficient (Wildman–Crippen LogP) is 2.04. The number of nitrogens with zero attached hydrogens (tertiary/aromatic N) is 2. The molecule has 2 N–H and O–H groups in total. The molecule has 2 aliphatic heterocycles. The quantitative estimate of drug-likeness (QED) is 0.838. The topological polar surface area (TPSA) is 49.6 Å².